The molecule has 0 aliphatic carbocycles. The van der Waals surface area contributed by atoms with E-state index in [1.807, 2.05) is 0 Å². The van der Waals surface area contributed by atoms with E-state index < -0.39 is 9.84 Å². The fourth-order valence-electron chi connectivity index (χ4n) is 3.72. The number of aryl methyl sites for hydroxylation is 2. The van der Waals surface area contributed by atoms with Crippen LogP contribution < -0.4 is 5.32 Å². The molecule has 0 bridgehead atoms. The van der Waals surface area contributed by atoms with Gasteiger partial charge in [0.2, 0.25) is 0 Å². The van der Waals surface area contributed by atoms with Gasteiger partial charge in [-0.3, -0.25) is 4.79 Å². The van der Waals surface area contributed by atoms with Gasteiger partial charge in [0.05, 0.1) is 17.2 Å². The molecule has 0 saturated carbocycles. The van der Waals surface area contributed by atoms with Crippen molar-refractivity contribution >= 4 is 15.7 Å². The largest absolute Gasteiger partial charge is 0.361 e. The molecule has 2 fully saturated rings. The van der Waals surface area contributed by atoms with Gasteiger partial charge in [-0.05, 0) is 39.5 Å². The maximum absolute atomic E-state index is 12.4. The number of hydrogen-bond donors (Lipinski definition) is 1. The number of carbonyl (C=O) groups excluding carboxylic acids is 1. The summed E-state index contributed by atoms with van der Waals surface area (Å²) in [6.07, 6.45) is 3.24. The highest BCUT2D eigenvalue weighted by molar-refractivity contribution is 7.91. The summed E-state index contributed by atoms with van der Waals surface area (Å²) in [5, 5.41) is 6.90. The molecule has 2 aliphatic rings. The molecule has 1 aromatic heterocycles. The molecule has 24 heavy (non-hydrogen) atoms. The average Bonchev–Trinajstić information content (AvgIpc) is 2.87. The highest BCUT2D eigenvalue weighted by Crippen LogP contribution is 2.22. The maximum Gasteiger partial charge on any atom is 0.257 e. The third kappa shape index (κ3) is 3.80. The van der Waals surface area contributed by atoms with Crippen molar-refractivity contribution in [3.05, 3.63) is 17.0 Å². The van der Waals surface area contributed by atoms with Crippen LogP contribution in [0.15, 0.2) is 4.52 Å². The molecule has 2 aliphatic heterocycles. The molecule has 3 heterocycles. The van der Waals surface area contributed by atoms with Gasteiger partial charge in [0.1, 0.15) is 21.2 Å². The van der Waals surface area contributed by atoms with E-state index in [9.17, 15) is 13.2 Å². The van der Waals surface area contributed by atoms with Crippen molar-refractivity contribution in [3.63, 3.8) is 0 Å². The number of piperidine rings is 1. The van der Waals surface area contributed by atoms with Crippen LogP contribution >= 0.6 is 0 Å². The molecule has 0 atom stereocenters. The Morgan fingerprint density at radius 1 is 1.17 bits per heavy atom. The van der Waals surface area contributed by atoms with Crippen LogP contribution in [-0.4, -0.2) is 61.1 Å². The summed E-state index contributed by atoms with van der Waals surface area (Å²) in [4.78, 5) is 14.8. The standard InChI is InChI=1S/C16H25N3O4S/c1-11-15(12(2)23-18-11)16(20)17-13-3-7-19(8-4-13)14-5-9-24(21,22)10-6-14/h13-14H,3-10H2,1-2H3,(H,17,20). The highest BCUT2D eigenvalue weighted by atomic mass is 32.2. The van der Waals surface area contributed by atoms with E-state index >= 15 is 0 Å². The molecule has 0 spiro atoms. The molecule has 7 nitrogen and oxygen atoms in total. The number of nitrogens with zero attached hydrogens (tertiary/aromatic N) is 2. The summed E-state index contributed by atoms with van der Waals surface area (Å²) < 4.78 is 28.1. The van der Waals surface area contributed by atoms with Crippen LogP contribution in [0.25, 0.3) is 0 Å². The quantitative estimate of drug-likeness (QED) is 0.872. The second kappa shape index (κ2) is 6.84. The predicted octanol–water partition coefficient (Wildman–Crippen LogP) is 1.06. The molecule has 0 unspecified atom stereocenters. The Hall–Kier alpha value is -1.41. The lowest BCUT2D eigenvalue weighted by molar-refractivity contribution is 0.0883. The monoisotopic (exact) mass is 355 g/mol. The second-order valence-corrected chi connectivity index (χ2v) is 9.17. The molecule has 134 valence electrons. The lowest BCUT2D eigenvalue weighted by Crippen LogP contribution is -2.49. The zero-order valence-corrected chi connectivity index (χ0v) is 15.1. The van der Waals surface area contributed by atoms with Gasteiger partial charge in [-0.1, -0.05) is 5.16 Å². The van der Waals surface area contributed by atoms with Crippen LogP contribution in [0, 0.1) is 13.8 Å². The Bertz CT molecular complexity index is 671. The van der Waals surface area contributed by atoms with Crippen molar-refractivity contribution in [3.8, 4) is 0 Å². The molecule has 1 aromatic rings. The number of amides is 1. The molecule has 3 rings (SSSR count). The summed E-state index contributed by atoms with van der Waals surface area (Å²) >= 11 is 0. The van der Waals surface area contributed by atoms with Crippen molar-refractivity contribution in [1.82, 2.24) is 15.4 Å². The number of sulfone groups is 1. The van der Waals surface area contributed by atoms with Gasteiger partial charge in [0, 0.05) is 25.2 Å². The normalized spacial score (nSPS) is 23.2. The fourth-order valence-corrected chi connectivity index (χ4v) is 5.18. The van der Waals surface area contributed by atoms with Crippen LogP contribution in [0.2, 0.25) is 0 Å². The lowest BCUT2D eigenvalue weighted by Gasteiger charge is -2.39. The van der Waals surface area contributed by atoms with Gasteiger partial charge in [-0.2, -0.15) is 0 Å². The first-order chi connectivity index (χ1) is 11.4. The zero-order chi connectivity index (χ0) is 17.3. The number of hydrogen-bond acceptors (Lipinski definition) is 6. The van der Waals surface area contributed by atoms with Crippen molar-refractivity contribution < 1.29 is 17.7 Å². The van der Waals surface area contributed by atoms with Crippen LogP contribution in [0.3, 0.4) is 0 Å². The Labute approximate surface area is 142 Å². The van der Waals surface area contributed by atoms with Crippen LogP contribution in [0.1, 0.15) is 47.5 Å². The third-order valence-corrected chi connectivity index (χ3v) is 6.88. The molecule has 0 aromatic carbocycles. The lowest BCUT2D eigenvalue weighted by atomic mass is 10.00. The number of nitrogens with one attached hydrogen (secondary N) is 1. The number of rotatable bonds is 3. The minimum absolute atomic E-state index is 0.117. The molecule has 2 saturated heterocycles. The Morgan fingerprint density at radius 2 is 1.79 bits per heavy atom. The van der Waals surface area contributed by atoms with Crippen molar-refractivity contribution in [2.24, 2.45) is 0 Å². The van der Waals surface area contributed by atoms with E-state index in [0.29, 0.717) is 34.6 Å². The summed E-state index contributed by atoms with van der Waals surface area (Å²) in [5.74, 6) is 1.04. The van der Waals surface area contributed by atoms with Crippen LogP contribution in [-0.2, 0) is 9.84 Å². The van der Waals surface area contributed by atoms with E-state index in [0.717, 1.165) is 38.8 Å². The summed E-state index contributed by atoms with van der Waals surface area (Å²) in [6, 6.07) is 0.516. The minimum atomic E-state index is -2.81. The van der Waals surface area contributed by atoms with E-state index in [2.05, 4.69) is 15.4 Å². The van der Waals surface area contributed by atoms with Gasteiger partial charge in [-0.15, -0.1) is 0 Å². The first-order valence-electron chi connectivity index (χ1n) is 8.54. The van der Waals surface area contributed by atoms with Crippen molar-refractivity contribution in [1.29, 1.82) is 0 Å². The summed E-state index contributed by atoms with van der Waals surface area (Å²) in [7, 11) is -2.81. The van der Waals surface area contributed by atoms with Gasteiger partial charge in [0.15, 0.2) is 0 Å². The second-order valence-electron chi connectivity index (χ2n) is 6.87. The fraction of sp³-hybridized carbons (Fsp3) is 0.750. The highest BCUT2D eigenvalue weighted by Gasteiger charge is 2.31. The number of likely N-dealkylation sites (tertiary alicyclic amines) is 1. The first kappa shape index (κ1) is 17.4. The van der Waals surface area contributed by atoms with Crippen molar-refractivity contribution in [2.45, 2.75) is 51.6 Å². The van der Waals surface area contributed by atoms with Crippen LogP contribution in [0.4, 0.5) is 0 Å². The van der Waals surface area contributed by atoms with E-state index in [4.69, 9.17) is 4.52 Å². The number of carbonyl (C=O) groups is 1. The Morgan fingerprint density at radius 3 is 2.33 bits per heavy atom. The Balaban J connectivity index is 1.50. The topological polar surface area (TPSA) is 92.5 Å². The first-order valence-corrected chi connectivity index (χ1v) is 10.4. The molecule has 0 radical (unpaired) electrons. The molecular formula is C16H25N3O4S. The molecule has 8 heteroatoms. The smallest absolute Gasteiger partial charge is 0.257 e. The average molecular weight is 355 g/mol. The molecule has 1 N–H and O–H groups in total. The summed E-state index contributed by atoms with van der Waals surface area (Å²) in [5.41, 5.74) is 1.15. The van der Waals surface area contributed by atoms with Gasteiger partial charge < -0.3 is 14.7 Å². The van der Waals surface area contributed by atoms with E-state index in [1.165, 1.54) is 0 Å². The van der Waals surface area contributed by atoms with Gasteiger partial charge >= 0.3 is 0 Å². The molecular weight excluding hydrogens is 330 g/mol. The van der Waals surface area contributed by atoms with E-state index in [-0.39, 0.29) is 11.9 Å². The third-order valence-electron chi connectivity index (χ3n) is 5.17. The number of aromatic nitrogens is 1. The van der Waals surface area contributed by atoms with Crippen molar-refractivity contribution in [2.75, 3.05) is 24.6 Å². The van der Waals surface area contributed by atoms with Crippen LogP contribution in [0.5, 0.6) is 0 Å². The minimum Gasteiger partial charge on any atom is -0.361 e. The Kier molecular flexibility index (Phi) is 4.96. The zero-order valence-electron chi connectivity index (χ0n) is 14.2. The van der Waals surface area contributed by atoms with Gasteiger partial charge in [-0.25, -0.2) is 8.42 Å². The molecule has 1 amide bonds. The van der Waals surface area contributed by atoms with Gasteiger partial charge in [0.25, 0.3) is 5.91 Å². The van der Waals surface area contributed by atoms with E-state index in [1.54, 1.807) is 13.8 Å². The predicted molar refractivity (Wildman–Crippen MR) is 89.7 cm³/mol. The summed E-state index contributed by atoms with van der Waals surface area (Å²) in [6.45, 7) is 5.31. The SMILES string of the molecule is Cc1noc(C)c1C(=O)NC1CCN(C2CCS(=O)(=O)CC2)CC1. The maximum atomic E-state index is 12.4.